The number of aliphatic hydroxyl groups is 1. The van der Waals surface area contributed by atoms with E-state index in [1.807, 2.05) is 30.4 Å². The van der Waals surface area contributed by atoms with Gasteiger partial charge in [0, 0.05) is 13.2 Å². The second-order valence-electron chi connectivity index (χ2n) is 7.28. The molecule has 138 valence electrons. The van der Waals surface area contributed by atoms with Crippen molar-refractivity contribution < 1.29 is 19.7 Å². The Balaban J connectivity index is 2.06. The van der Waals surface area contributed by atoms with Crippen molar-refractivity contribution in [2.75, 3.05) is 13.2 Å². The first-order valence-electron chi connectivity index (χ1n) is 9.06. The first-order chi connectivity index (χ1) is 12.3. The van der Waals surface area contributed by atoms with E-state index in [-0.39, 0.29) is 0 Å². The molecule has 0 radical (unpaired) electrons. The third kappa shape index (κ3) is 3.39. The molecule has 2 N–H and O–H groups in total. The van der Waals surface area contributed by atoms with Crippen molar-refractivity contribution in [3.05, 3.63) is 52.6 Å². The minimum Gasteiger partial charge on any atom is -0.481 e. The number of aliphatic carboxylic acids is 1. The lowest BCUT2D eigenvalue weighted by Gasteiger charge is -2.30. The number of benzene rings is 2. The Kier molecular flexibility index (Phi) is 5.17. The van der Waals surface area contributed by atoms with Gasteiger partial charge in [0.25, 0.3) is 0 Å². The first kappa shape index (κ1) is 18.6. The molecule has 1 aliphatic rings. The molecule has 0 saturated carbocycles. The highest BCUT2D eigenvalue weighted by atomic mass is 16.5. The standard InChI is InChI=1S/C22H26O4/c1-14-15(2)20-5-4-18(16(3)23)13-19(20)12-17(14)6-7-22(21(24)25)8-10-26-11-9-22/h4-7,12-13,16,23H,8-11H2,1-3H3,(H,24,25). The fourth-order valence-electron chi connectivity index (χ4n) is 3.61. The Morgan fingerprint density at radius 2 is 1.88 bits per heavy atom. The van der Waals surface area contributed by atoms with Crippen LogP contribution < -0.4 is 0 Å². The zero-order valence-electron chi connectivity index (χ0n) is 15.6. The minimum atomic E-state index is -0.852. The maximum atomic E-state index is 11.8. The molecule has 3 rings (SSSR count). The highest BCUT2D eigenvalue weighted by molar-refractivity contribution is 5.90. The lowest BCUT2D eigenvalue weighted by molar-refractivity contribution is -0.150. The van der Waals surface area contributed by atoms with E-state index in [1.165, 1.54) is 5.56 Å². The second kappa shape index (κ2) is 7.22. The molecule has 1 fully saturated rings. The molecule has 4 heteroatoms. The average molecular weight is 354 g/mol. The predicted molar refractivity (Wildman–Crippen MR) is 103 cm³/mol. The summed E-state index contributed by atoms with van der Waals surface area (Å²) >= 11 is 0. The fraction of sp³-hybridized carbons (Fsp3) is 0.409. The van der Waals surface area contributed by atoms with Crippen LogP contribution in [0.3, 0.4) is 0 Å². The number of aliphatic hydroxyl groups excluding tert-OH is 1. The highest BCUT2D eigenvalue weighted by Crippen LogP contribution is 2.34. The van der Waals surface area contributed by atoms with E-state index in [4.69, 9.17) is 4.74 Å². The van der Waals surface area contributed by atoms with Crippen molar-refractivity contribution in [2.24, 2.45) is 5.41 Å². The fourth-order valence-corrected chi connectivity index (χ4v) is 3.61. The molecule has 1 aliphatic heterocycles. The van der Waals surface area contributed by atoms with Gasteiger partial charge in [-0.25, -0.2) is 0 Å². The van der Waals surface area contributed by atoms with E-state index in [1.54, 1.807) is 6.92 Å². The summed E-state index contributed by atoms with van der Waals surface area (Å²) in [6.07, 6.45) is 4.26. The summed E-state index contributed by atoms with van der Waals surface area (Å²) in [7, 11) is 0. The number of carbonyl (C=O) groups is 1. The first-order valence-corrected chi connectivity index (χ1v) is 9.06. The van der Waals surface area contributed by atoms with Crippen LogP contribution in [0.5, 0.6) is 0 Å². The molecule has 2 aromatic carbocycles. The molecular weight excluding hydrogens is 328 g/mol. The lowest BCUT2D eigenvalue weighted by atomic mass is 9.79. The molecule has 0 aromatic heterocycles. The van der Waals surface area contributed by atoms with Crippen LogP contribution in [-0.2, 0) is 9.53 Å². The zero-order valence-corrected chi connectivity index (χ0v) is 15.6. The summed E-state index contributed by atoms with van der Waals surface area (Å²) in [5.41, 5.74) is 3.36. The van der Waals surface area contributed by atoms with Gasteiger partial charge < -0.3 is 14.9 Å². The van der Waals surface area contributed by atoms with Crippen molar-refractivity contribution in [3.8, 4) is 0 Å². The largest absolute Gasteiger partial charge is 0.481 e. The Bertz CT molecular complexity index is 858. The van der Waals surface area contributed by atoms with Gasteiger partial charge in [-0.05, 0) is 78.8 Å². The topological polar surface area (TPSA) is 66.8 Å². The second-order valence-corrected chi connectivity index (χ2v) is 7.28. The van der Waals surface area contributed by atoms with Crippen LogP contribution in [0, 0.1) is 19.3 Å². The molecule has 2 aromatic rings. The summed E-state index contributed by atoms with van der Waals surface area (Å²) in [5, 5.41) is 21.8. The molecule has 4 nitrogen and oxygen atoms in total. The predicted octanol–water partition coefficient (Wildman–Crippen LogP) is 4.40. The van der Waals surface area contributed by atoms with Gasteiger partial charge in [-0.15, -0.1) is 0 Å². The number of fused-ring (bicyclic) bond motifs is 1. The van der Waals surface area contributed by atoms with Crippen molar-refractivity contribution in [1.82, 2.24) is 0 Å². The lowest BCUT2D eigenvalue weighted by Crippen LogP contribution is -2.35. The van der Waals surface area contributed by atoms with Gasteiger partial charge in [0.15, 0.2) is 0 Å². The van der Waals surface area contributed by atoms with Gasteiger partial charge >= 0.3 is 5.97 Å². The smallest absolute Gasteiger partial charge is 0.313 e. The monoisotopic (exact) mass is 354 g/mol. The van der Waals surface area contributed by atoms with Gasteiger partial charge in [-0.1, -0.05) is 24.3 Å². The molecule has 0 aliphatic carbocycles. The Morgan fingerprint density at radius 1 is 1.19 bits per heavy atom. The third-order valence-corrected chi connectivity index (χ3v) is 5.66. The normalized spacial score (nSPS) is 18.3. The van der Waals surface area contributed by atoms with Crippen LogP contribution >= 0.6 is 0 Å². The van der Waals surface area contributed by atoms with E-state index in [9.17, 15) is 15.0 Å². The van der Waals surface area contributed by atoms with Crippen molar-refractivity contribution in [2.45, 2.75) is 39.7 Å². The number of hydrogen-bond donors (Lipinski definition) is 2. The molecule has 1 saturated heterocycles. The van der Waals surface area contributed by atoms with Crippen molar-refractivity contribution in [1.29, 1.82) is 0 Å². The summed E-state index contributed by atoms with van der Waals surface area (Å²) in [5.74, 6) is -0.788. The summed E-state index contributed by atoms with van der Waals surface area (Å²) in [4.78, 5) is 11.8. The molecule has 1 heterocycles. The number of rotatable bonds is 4. The summed E-state index contributed by atoms with van der Waals surface area (Å²) in [6, 6.07) is 8.08. The SMILES string of the molecule is Cc1c(C=CC2(C(=O)O)CCOCC2)cc2cc(C(C)O)ccc2c1C. The summed E-state index contributed by atoms with van der Waals surface area (Å²) in [6.45, 7) is 6.85. The number of ether oxygens (including phenoxy) is 1. The van der Waals surface area contributed by atoms with Crippen LogP contribution in [-0.4, -0.2) is 29.4 Å². The number of carboxylic acid groups (broad SMARTS) is 1. The maximum absolute atomic E-state index is 11.8. The molecule has 0 spiro atoms. The van der Waals surface area contributed by atoms with Crippen LogP contribution in [0.2, 0.25) is 0 Å². The molecule has 26 heavy (non-hydrogen) atoms. The Morgan fingerprint density at radius 3 is 2.50 bits per heavy atom. The van der Waals surface area contributed by atoms with E-state index < -0.39 is 17.5 Å². The Labute approximate surface area is 154 Å². The molecule has 1 atom stereocenters. The van der Waals surface area contributed by atoms with Gasteiger partial charge in [-0.2, -0.15) is 0 Å². The average Bonchev–Trinajstić information content (AvgIpc) is 2.63. The molecule has 1 unspecified atom stereocenters. The quantitative estimate of drug-likeness (QED) is 0.854. The molecular formula is C22H26O4. The highest BCUT2D eigenvalue weighted by Gasteiger charge is 2.37. The van der Waals surface area contributed by atoms with Crippen LogP contribution in [0.25, 0.3) is 16.8 Å². The number of carboxylic acids is 1. The van der Waals surface area contributed by atoms with E-state index in [2.05, 4.69) is 19.9 Å². The number of hydrogen-bond acceptors (Lipinski definition) is 3. The van der Waals surface area contributed by atoms with Gasteiger partial charge in [0.1, 0.15) is 0 Å². The van der Waals surface area contributed by atoms with Crippen LogP contribution in [0.15, 0.2) is 30.3 Å². The van der Waals surface area contributed by atoms with E-state index in [0.29, 0.717) is 26.1 Å². The van der Waals surface area contributed by atoms with E-state index >= 15 is 0 Å². The van der Waals surface area contributed by atoms with Crippen LogP contribution in [0.1, 0.15) is 48.1 Å². The van der Waals surface area contributed by atoms with Crippen LogP contribution in [0.4, 0.5) is 0 Å². The molecule has 0 amide bonds. The Hall–Kier alpha value is -2.17. The maximum Gasteiger partial charge on any atom is 0.313 e. The van der Waals surface area contributed by atoms with Gasteiger partial charge in [0.05, 0.1) is 11.5 Å². The van der Waals surface area contributed by atoms with E-state index in [0.717, 1.165) is 27.5 Å². The van der Waals surface area contributed by atoms with Gasteiger partial charge in [0.2, 0.25) is 0 Å². The zero-order chi connectivity index (χ0) is 18.9. The summed E-state index contributed by atoms with van der Waals surface area (Å²) < 4.78 is 5.34. The minimum absolute atomic E-state index is 0.476. The number of aryl methyl sites for hydroxylation is 1. The van der Waals surface area contributed by atoms with Crippen molar-refractivity contribution >= 4 is 22.8 Å². The van der Waals surface area contributed by atoms with Crippen molar-refractivity contribution in [3.63, 3.8) is 0 Å². The van der Waals surface area contributed by atoms with Gasteiger partial charge in [-0.3, -0.25) is 4.79 Å². The third-order valence-electron chi connectivity index (χ3n) is 5.66. The molecule has 0 bridgehead atoms.